The van der Waals surface area contributed by atoms with Crippen LogP contribution in [-0.2, 0) is 0 Å². The summed E-state index contributed by atoms with van der Waals surface area (Å²) in [6.07, 6.45) is 4.18. The second-order valence-electron chi connectivity index (χ2n) is 4.92. The van der Waals surface area contributed by atoms with Crippen LogP contribution in [0, 0.1) is 0 Å². The van der Waals surface area contributed by atoms with Gasteiger partial charge in [-0.25, -0.2) is 0 Å². The van der Waals surface area contributed by atoms with Gasteiger partial charge < -0.3 is 10.2 Å². The molecule has 1 amide bonds. The fraction of sp³-hybridized carbons (Fsp3) is 0.667. The average Bonchev–Trinajstić information content (AvgIpc) is 2.68. The summed E-state index contributed by atoms with van der Waals surface area (Å²) in [6, 6.07) is 10.0. The molecular weight excluding hydrogens is 296 g/mol. The molecule has 1 fully saturated rings. The quantitative estimate of drug-likeness (QED) is 0.721. The molecule has 1 aliphatic heterocycles. The number of hydrogen-bond acceptors (Lipinski definition) is 2. The van der Waals surface area contributed by atoms with Crippen LogP contribution in [-0.4, -0.2) is 37.5 Å². The first-order valence-electron chi connectivity index (χ1n) is 9.61. The molecular formula is C21H42N2O. The van der Waals surface area contributed by atoms with Crippen molar-refractivity contribution in [2.24, 2.45) is 0 Å². The lowest BCUT2D eigenvalue weighted by atomic mass is 10.1. The number of benzene rings is 1. The molecule has 1 N–H and O–H groups in total. The molecule has 0 spiro atoms. The predicted octanol–water partition coefficient (Wildman–Crippen LogP) is 5.62. The summed E-state index contributed by atoms with van der Waals surface area (Å²) >= 11 is 0. The Hall–Kier alpha value is -1.35. The highest BCUT2D eigenvalue weighted by Crippen LogP contribution is 2.04. The minimum absolute atomic E-state index is 0.0469. The topological polar surface area (TPSA) is 32.3 Å². The van der Waals surface area contributed by atoms with Gasteiger partial charge in [0.15, 0.2) is 0 Å². The molecule has 0 bridgehead atoms. The number of carbonyl (C=O) groups excluding carboxylic acids is 1. The molecule has 24 heavy (non-hydrogen) atoms. The van der Waals surface area contributed by atoms with Gasteiger partial charge in [0.05, 0.1) is 0 Å². The summed E-state index contributed by atoms with van der Waals surface area (Å²) in [4.78, 5) is 12.8. The molecule has 1 aliphatic rings. The standard InChI is InChI=1S/C9H11NO.C6H13N.3C2H6/c1-10(2)9(11)8-6-4-3-5-7-8;1-6-4-2-3-5-7-6;3*1-2/h3-7H,1-2H3;6-7H,2-5H2,1H3;3*1-2H3. The van der Waals surface area contributed by atoms with E-state index < -0.39 is 0 Å². The SMILES string of the molecule is CC.CC.CC.CC1CCCCN1.CN(C)C(=O)c1ccccc1. The zero-order valence-electron chi connectivity index (χ0n) is 17.6. The fourth-order valence-electron chi connectivity index (χ4n) is 1.86. The maximum Gasteiger partial charge on any atom is 0.253 e. The molecule has 1 heterocycles. The molecule has 1 atom stereocenters. The molecule has 1 saturated heterocycles. The number of nitrogens with one attached hydrogen (secondary N) is 1. The van der Waals surface area contributed by atoms with Gasteiger partial charge >= 0.3 is 0 Å². The maximum atomic E-state index is 11.3. The zero-order chi connectivity index (χ0) is 19.4. The van der Waals surface area contributed by atoms with Crippen molar-refractivity contribution >= 4 is 5.91 Å². The second-order valence-corrected chi connectivity index (χ2v) is 4.92. The predicted molar refractivity (Wildman–Crippen MR) is 110 cm³/mol. The molecule has 2 rings (SSSR count). The van der Waals surface area contributed by atoms with Gasteiger partial charge in [-0.05, 0) is 38.4 Å². The van der Waals surface area contributed by atoms with Crippen LogP contribution < -0.4 is 5.32 Å². The van der Waals surface area contributed by atoms with Gasteiger partial charge in [0.1, 0.15) is 0 Å². The van der Waals surface area contributed by atoms with Crippen LogP contribution in [0.5, 0.6) is 0 Å². The lowest BCUT2D eigenvalue weighted by molar-refractivity contribution is 0.0827. The van der Waals surface area contributed by atoms with Crippen LogP contribution in [0.2, 0.25) is 0 Å². The Bertz CT molecular complexity index is 344. The van der Waals surface area contributed by atoms with Crippen molar-refractivity contribution in [2.45, 2.75) is 73.8 Å². The van der Waals surface area contributed by atoms with Crippen molar-refractivity contribution < 1.29 is 4.79 Å². The smallest absolute Gasteiger partial charge is 0.253 e. The number of piperidine rings is 1. The van der Waals surface area contributed by atoms with Gasteiger partial charge in [0, 0.05) is 25.7 Å². The van der Waals surface area contributed by atoms with E-state index >= 15 is 0 Å². The van der Waals surface area contributed by atoms with E-state index in [1.54, 1.807) is 19.0 Å². The van der Waals surface area contributed by atoms with E-state index in [9.17, 15) is 4.79 Å². The van der Waals surface area contributed by atoms with Gasteiger partial charge in [-0.3, -0.25) is 4.79 Å². The summed E-state index contributed by atoms with van der Waals surface area (Å²) in [7, 11) is 3.49. The van der Waals surface area contributed by atoms with Crippen molar-refractivity contribution in [3.05, 3.63) is 35.9 Å². The number of hydrogen-bond donors (Lipinski definition) is 1. The first kappa shape index (κ1) is 27.5. The van der Waals surface area contributed by atoms with E-state index in [1.807, 2.05) is 71.9 Å². The lowest BCUT2D eigenvalue weighted by Gasteiger charge is -2.18. The minimum atomic E-state index is 0.0469. The zero-order valence-corrected chi connectivity index (χ0v) is 17.6. The van der Waals surface area contributed by atoms with E-state index in [4.69, 9.17) is 0 Å². The fourth-order valence-corrected chi connectivity index (χ4v) is 1.86. The normalized spacial score (nSPS) is 14.6. The Kier molecular flexibility index (Phi) is 24.8. The van der Waals surface area contributed by atoms with Crippen LogP contribution in [0.1, 0.15) is 78.1 Å². The third kappa shape index (κ3) is 15.5. The molecule has 1 aromatic carbocycles. The third-order valence-corrected chi connectivity index (χ3v) is 2.98. The van der Waals surface area contributed by atoms with Crippen LogP contribution in [0.3, 0.4) is 0 Å². The van der Waals surface area contributed by atoms with Crippen molar-refractivity contribution in [1.82, 2.24) is 10.2 Å². The highest BCUT2D eigenvalue weighted by molar-refractivity contribution is 5.93. The van der Waals surface area contributed by atoms with Crippen molar-refractivity contribution in [3.63, 3.8) is 0 Å². The van der Waals surface area contributed by atoms with Crippen molar-refractivity contribution in [2.75, 3.05) is 20.6 Å². The Morgan fingerprint density at radius 1 is 0.958 bits per heavy atom. The monoisotopic (exact) mass is 338 g/mol. The summed E-state index contributed by atoms with van der Waals surface area (Å²) < 4.78 is 0. The summed E-state index contributed by atoms with van der Waals surface area (Å²) in [5, 5.41) is 3.38. The lowest BCUT2D eigenvalue weighted by Crippen LogP contribution is -2.30. The second kappa shape index (κ2) is 21.6. The van der Waals surface area contributed by atoms with E-state index in [-0.39, 0.29) is 5.91 Å². The Labute approximate surface area is 151 Å². The first-order chi connectivity index (χ1) is 11.6. The molecule has 0 aliphatic carbocycles. The van der Waals surface area contributed by atoms with E-state index in [1.165, 1.54) is 25.8 Å². The van der Waals surface area contributed by atoms with Crippen LogP contribution >= 0.6 is 0 Å². The average molecular weight is 339 g/mol. The number of carbonyl (C=O) groups is 1. The largest absolute Gasteiger partial charge is 0.345 e. The molecule has 3 nitrogen and oxygen atoms in total. The third-order valence-electron chi connectivity index (χ3n) is 2.98. The van der Waals surface area contributed by atoms with Gasteiger partial charge in [-0.1, -0.05) is 66.2 Å². The molecule has 0 radical (unpaired) electrons. The van der Waals surface area contributed by atoms with E-state index in [2.05, 4.69) is 12.2 Å². The Balaban J connectivity index is -0.000000293. The number of amides is 1. The number of rotatable bonds is 1. The van der Waals surface area contributed by atoms with Gasteiger partial charge in [-0.2, -0.15) is 0 Å². The Morgan fingerprint density at radius 2 is 1.46 bits per heavy atom. The molecule has 1 unspecified atom stereocenters. The maximum absolute atomic E-state index is 11.3. The van der Waals surface area contributed by atoms with Gasteiger partial charge in [0.25, 0.3) is 5.91 Å². The van der Waals surface area contributed by atoms with Gasteiger partial charge in [-0.15, -0.1) is 0 Å². The molecule has 142 valence electrons. The van der Waals surface area contributed by atoms with E-state index in [0.29, 0.717) is 0 Å². The molecule has 3 heteroatoms. The minimum Gasteiger partial charge on any atom is -0.345 e. The molecule has 0 aromatic heterocycles. The van der Waals surface area contributed by atoms with Crippen LogP contribution in [0.25, 0.3) is 0 Å². The highest BCUT2D eigenvalue weighted by Gasteiger charge is 2.05. The molecule has 0 saturated carbocycles. The van der Waals surface area contributed by atoms with E-state index in [0.717, 1.165) is 11.6 Å². The Morgan fingerprint density at radius 3 is 1.75 bits per heavy atom. The van der Waals surface area contributed by atoms with Crippen molar-refractivity contribution in [3.8, 4) is 0 Å². The summed E-state index contributed by atoms with van der Waals surface area (Å²) in [6.45, 7) is 15.5. The van der Waals surface area contributed by atoms with Crippen molar-refractivity contribution in [1.29, 1.82) is 0 Å². The first-order valence-corrected chi connectivity index (χ1v) is 9.61. The van der Waals surface area contributed by atoms with Gasteiger partial charge in [0.2, 0.25) is 0 Å². The summed E-state index contributed by atoms with van der Waals surface area (Å²) in [5.74, 6) is 0.0469. The van der Waals surface area contributed by atoms with Crippen LogP contribution in [0.15, 0.2) is 30.3 Å². The highest BCUT2D eigenvalue weighted by atomic mass is 16.2. The van der Waals surface area contributed by atoms with Crippen LogP contribution in [0.4, 0.5) is 0 Å². The number of nitrogens with zero attached hydrogens (tertiary/aromatic N) is 1. The molecule has 1 aromatic rings. The summed E-state index contributed by atoms with van der Waals surface area (Å²) in [5.41, 5.74) is 0.734.